The van der Waals surface area contributed by atoms with E-state index in [-0.39, 0.29) is 46.3 Å². The average molecular weight is 572 g/mol. The first-order valence-electron chi connectivity index (χ1n) is 14.8. The van der Waals surface area contributed by atoms with Gasteiger partial charge in [-0.05, 0) is 57.2 Å². The molecule has 1 fully saturated rings. The van der Waals surface area contributed by atoms with Crippen molar-refractivity contribution in [2.75, 3.05) is 25.6 Å². The van der Waals surface area contributed by atoms with Crippen LogP contribution in [-0.2, 0) is 9.59 Å². The van der Waals surface area contributed by atoms with Crippen molar-refractivity contribution < 1.29 is 30.0 Å². The Morgan fingerprint density at radius 2 is 1.65 bits per heavy atom. The van der Waals surface area contributed by atoms with Crippen LogP contribution in [0.25, 0.3) is 5.76 Å². The van der Waals surface area contributed by atoms with Gasteiger partial charge in [0.25, 0.3) is 0 Å². The highest BCUT2D eigenvalue weighted by Gasteiger charge is 2.63. The Balaban J connectivity index is 1.60. The number of carbonyl (C=O) groups is 2. The predicted molar refractivity (Wildman–Crippen MR) is 160 cm³/mol. The number of likely N-dealkylation sites (N-methyl/N-ethyl adjacent to an activating group) is 1. The van der Waals surface area contributed by atoms with Crippen molar-refractivity contribution in [1.29, 1.82) is 0 Å². The second-order valence-electron chi connectivity index (χ2n) is 12.0. The van der Waals surface area contributed by atoms with Crippen molar-refractivity contribution in [3.05, 3.63) is 46.2 Å². The van der Waals surface area contributed by atoms with Crippen LogP contribution in [0.1, 0.15) is 88.7 Å². The summed E-state index contributed by atoms with van der Waals surface area (Å²) in [5.74, 6) is -2.07. The van der Waals surface area contributed by atoms with Crippen molar-refractivity contribution >= 4 is 29.1 Å². The van der Waals surface area contributed by atoms with Gasteiger partial charge in [0.15, 0.2) is 11.4 Å². The van der Waals surface area contributed by atoms with Crippen LogP contribution in [0.15, 0.2) is 35.1 Å². The van der Waals surface area contributed by atoms with Gasteiger partial charge in [0.1, 0.15) is 17.3 Å². The summed E-state index contributed by atoms with van der Waals surface area (Å²) in [6.07, 6.45) is 10.2. The number of fused-ring (bicyclic) bond motifs is 3. The molecule has 5 unspecified atom stereocenters. The second kappa shape index (κ2) is 12.7. The van der Waals surface area contributed by atoms with Crippen LogP contribution in [0.2, 0.25) is 0 Å². The van der Waals surface area contributed by atoms with E-state index in [4.69, 9.17) is 0 Å². The summed E-state index contributed by atoms with van der Waals surface area (Å²) in [7, 11) is 3.47. The maximum Gasteiger partial charge on any atom is 0.202 e. The van der Waals surface area contributed by atoms with E-state index in [0.29, 0.717) is 5.75 Å². The molecule has 0 radical (unpaired) electrons. The first kappa shape index (κ1) is 30.7. The molecule has 8 heteroatoms. The quantitative estimate of drug-likeness (QED) is 0.229. The third-order valence-electron chi connectivity index (χ3n) is 9.19. The number of aromatic hydroxyl groups is 1. The van der Waals surface area contributed by atoms with Crippen LogP contribution in [0.5, 0.6) is 5.75 Å². The number of phenolic OH excluding ortho intramolecular Hbond substituents is 1. The van der Waals surface area contributed by atoms with Gasteiger partial charge >= 0.3 is 0 Å². The number of benzene rings is 1. The minimum atomic E-state index is -2.32. The third kappa shape index (κ3) is 5.35. The van der Waals surface area contributed by atoms with Gasteiger partial charge < -0.3 is 20.4 Å². The van der Waals surface area contributed by atoms with Crippen LogP contribution in [0, 0.1) is 11.8 Å². The summed E-state index contributed by atoms with van der Waals surface area (Å²) < 4.78 is 0. The van der Waals surface area contributed by atoms with E-state index in [1.165, 1.54) is 57.9 Å². The number of thioether (sulfide) groups is 1. The van der Waals surface area contributed by atoms with Gasteiger partial charge in [-0.15, -0.1) is 0 Å². The normalized spacial score (nSPS) is 28.1. The zero-order valence-electron chi connectivity index (χ0n) is 24.3. The molecular formula is C32H45NO6S. The molecule has 0 bridgehead atoms. The molecule has 40 heavy (non-hydrogen) atoms. The summed E-state index contributed by atoms with van der Waals surface area (Å²) >= 11 is 1.80. The lowest BCUT2D eigenvalue weighted by molar-refractivity contribution is -0.153. The number of phenols is 1. The monoisotopic (exact) mass is 571 g/mol. The fraction of sp³-hybridized carbons (Fsp3) is 0.625. The molecule has 3 aliphatic carbocycles. The lowest BCUT2D eigenvalue weighted by atomic mass is 9.56. The minimum Gasteiger partial charge on any atom is -0.508 e. The highest BCUT2D eigenvalue weighted by atomic mass is 32.2. The van der Waals surface area contributed by atoms with Crippen molar-refractivity contribution in [3.63, 3.8) is 0 Å². The fourth-order valence-electron chi connectivity index (χ4n) is 7.02. The lowest BCUT2D eigenvalue weighted by Crippen LogP contribution is -2.65. The molecule has 4 N–H and O–H groups in total. The predicted octanol–water partition coefficient (Wildman–Crippen LogP) is 5.91. The molecule has 0 heterocycles. The summed E-state index contributed by atoms with van der Waals surface area (Å²) in [5.41, 5.74) is -1.33. The Morgan fingerprint density at radius 1 is 1.00 bits per heavy atom. The third-order valence-corrected chi connectivity index (χ3v) is 10.4. The molecule has 0 spiro atoms. The van der Waals surface area contributed by atoms with Crippen LogP contribution in [-0.4, -0.2) is 74.1 Å². The smallest absolute Gasteiger partial charge is 0.202 e. The minimum absolute atomic E-state index is 0.0386. The fourth-order valence-corrected chi connectivity index (χ4v) is 8.27. The molecule has 0 saturated heterocycles. The Hall–Kier alpha value is -2.29. The summed E-state index contributed by atoms with van der Waals surface area (Å²) in [6.45, 7) is 3.65. The molecule has 1 aromatic carbocycles. The number of aliphatic hydroxyl groups is 3. The Morgan fingerprint density at radius 3 is 2.30 bits per heavy atom. The van der Waals surface area contributed by atoms with Gasteiger partial charge in [-0.1, -0.05) is 64.0 Å². The number of Topliss-reactive ketones (excluding diaryl/α,β-unsaturated/α-hetero) is 2. The topological polar surface area (TPSA) is 118 Å². The van der Waals surface area contributed by atoms with Crippen LogP contribution in [0.4, 0.5) is 0 Å². The van der Waals surface area contributed by atoms with Crippen LogP contribution in [0.3, 0.4) is 0 Å². The molecule has 5 atom stereocenters. The SMILES string of the molecule is CCCCCCCCCCSCC1c2cccc(O)c2C(O)=C2C(=O)C3(O)C(O)=C(C)C(=O)C(N(C)C)C3CC21. The van der Waals surface area contributed by atoms with E-state index in [1.54, 1.807) is 36.8 Å². The Bertz CT molecular complexity index is 1190. The molecule has 3 aliphatic rings. The zero-order chi connectivity index (χ0) is 29.2. The maximum atomic E-state index is 14.1. The van der Waals surface area contributed by atoms with Gasteiger partial charge in [-0.3, -0.25) is 14.5 Å². The Kier molecular flexibility index (Phi) is 9.74. The second-order valence-corrected chi connectivity index (χ2v) is 13.1. The van der Waals surface area contributed by atoms with Gasteiger partial charge in [-0.25, -0.2) is 0 Å². The van der Waals surface area contributed by atoms with E-state index >= 15 is 0 Å². The van der Waals surface area contributed by atoms with Crippen molar-refractivity contribution in [2.24, 2.45) is 11.8 Å². The molecule has 0 aliphatic heterocycles. The number of ketones is 2. The summed E-state index contributed by atoms with van der Waals surface area (Å²) in [4.78, 5) is 29.0. The zero-order valence-corrected chi connectivity index (χ0v) is 25.1. The van der Waals surface area contributed by atoms with Gasteiger partial charge in [0, 0.05) is 28.7 Å². The summed E-state index contributed by atoms with van der Waals surface area (Å²) in [6, 6.07) is 4.32. The van der Waals surface area contributed by atoms with E-state index < -0.39 is 35.0 Å². The van der Waals surface area contributed by atoms with Crippen LogP contribution >= 0.6 is 11.8 Å². The largest absolute Gasteiger partial charge is 0.508 e. The lowest BCUT2D eigenvalue weighted by Gasteiger charge is -2.51. The molecule has 7 nitrogen and oxygen atoms in total. The molecule has 1 aromatic rings. The van der Waals surface area contributed by atoms with Crippen molar-refractivity contribution in [1.82, 2.24) is 4.90 Å². The van der Waals surface area contributed by atoms with Crippen molar-refractivity contribution in [2.45, 2.75) is 89.2 Å². The number of unbranched alkanes of at least 4 members (excludes halogenated alkanes) is 7. The molecular weight excluding hydrogens is 526 g/mol. The standard InChI is InChI=1S/C32H45NO6S/c1-5-6-7-8-9-10-11-12-16-40-18-22-20-14-13-15-24(34)25(20)29(36)26-21(22)17-23-27(33(3)4)28(35)19(2)30(37)32(23,39)31(26)38/h13-15,21-23,27,34,36-37,39H,5-12,16-18H2,1-4H3. The molecule has 4 rings (SSSR count). The number of nitrogens with zero attached hydrogens (tertiary/aromatic N) is 1. The highest BCUT2D eigenvalue weighted by molar-refractivity contribution is 7.99. The van der Waals surface area contributed by atoms with E-state index in [0.717, 1.165) is 17.7 Å². The van der Waals surface area contributed by atoms with E-state index in [1.807, 2.05) is 6.07 Å². The van der Waals surface area contributed by atoms with E-state index in [9.17, 15) is 30.0 Å². The first-order chi connectivity index (χ1) is 19.1. The number of rotatable bonds is 12. The van der Waals surface area contributed by atoms with E-state index in [2.05, 4.69) is 6.92 Å². The molecule has 0 amide bonds. The molecule has 220 valence electrons. The number of hydrogen-bond donors (Lipinski definition) is 4. The summed E-state index contributed by atoms with van der Waals surface area (Å²) in [5, 5.41) is 44.9. The maximum absolute atomic E-state index is 14.1. The number of hydrogen-bond acceptors (Lipinski definition) is 8. The Labute approximate surface area is 242 Å². The van der Waals surface area contributed by atoms with Gasteiger partial charge in [0.05, 0.1) is 11.6 Å². The van der Waals surface area contributed by atoms with Crippen molar-refractivity contribution in [3.8, 4) is 5.75 Å². The average Bonchev–Trinajstić information content (AvgIpc) is 2.91. The molecule has 0 aromatic heterocycles. The van der Waals surface area contributed by atoms with Gasteiger partial charge in [0.2, 0.25) is 5.78 Å². The number of aliphatic hydroxyl groups excluding tert-OH is 2. The van der Waals surface area contributed by atoms with Crippen LogP contribution < -0.4 is 0 Å². The van der Waals surface area contributed by atoms with Gasteiger partial charge in [-0.2, -0.15) is 11.8 Å². The first-order valence-corrected chi connectivity index (χ1v) is 15.9. The molecule has 1 saturated carbocycles. The number of carbonyl (C=O) groups excluding carboxylic acids is 2. The highest BCUT2D eigenvalue weighted by Crippen LogP contribution is 2.56.